The Morgan fingerprint density at radius 3 is 2.75 bits per heavy atom. The molecule has 5 heteroatoms. The van der Waals surface area contributed by atoms with Gasteiger partial charge in [0.25, 0.3) is 0 Å². The predicted molar refractivity (Wildman–Crippen MR) is 76.3 cm³/mol. The Hall–Kier alpha value is -2.69. The van der Waals surface area contributed by atoms with Crippen LogP contribution in [-0.4, -0.2) is 23.2 Å². The fraction of sp³-hybridized carbons (Fsp3) is 0.133. The molecule has 2 heterocycles. The number of aromatic nitrogens is 1. The van der Waals surface area contributed by atoms with Gasteiger partial charge < -0.3 is 10.2 Å². The number of nitrogens with zero attached hydrogens (tertiary/aromatic N) is 2. The van der Waals surface area contributed by atoms with E-state index in [1.165, 1.54) is 13.1 Å². The van der Waals surface area contributed by atoms with Crippen LogP contribution in [0.3, 0.4) is 0 Å². The van der Waals surface area contributed by atoms with Crippen LogP contribution in [0.1, 0.15) is 17.3 Å². The van der Waals surface area contributed by atoms with Gasteiger partial charge in [0, 0.05) is 11.8 Å². The van der Waals surface area contributed by atoms with Crippen molar-refractivity contribution in [2.24, 2.45) is 0 Å². The number of hydrogen-bond acceptors (Lipinski definition) is 4. The van der Waals surface area contributed by atoms with E-state index < -0.39 is 0 Å². The number of pyridine rings is 1. The van der Waals surface area contributed by atoms with E-state index in [-0.39, 0.29) is 18.2 Å². The second-order valence-electron chi connectivity index (χ2n) is 4.61. The monoisotopic (exact) mass is 267 g/mol. The van der Waals surface area contributed by atoms with Gasteiger partial charge in [-0.3, -0.25) is 9.59 Å². The second-order valence-corrected chi connectivity index (χ2v) is 4.61. The van der Waals surface area contributed by atoms with Gasteiger partial charge in [-0.05, 0) is 31.2 Å². The maximum absolute atomic E-state index is 11.8. The number of fused-ring (bicyclic) bond motifs is 1. The SMILES string of the molecule is CC(=O)c1ccc(N2CC(=O)Nc3ccccc32)nc1. The molecule has 1 amide bonds. The lowest BCUT2D eigenvalue weighted by Gasteiger charge is -2.29. The third-order valence-corrected chi connectivity index (χ3v) is 3.20. The van der Waals surface area contributed by atoms with Gasteiger partial charge in [0.1, 0.15) is 12.4 Å². The van der Waals surface area contributed by atoms with E-state index in [0.717, 1.165) is 11.4 Å². The van der Waals surface area contributed by atoms with Crippen molar-refractivity contribution in [2.45, 2.75) is 6.92 Å². The van der Waals surface area contributed by atoms with Crippen LogP contribution in [0.25, 0.3) is 0 Å². The van der Waals surface area contributed by atoms with Gasteiger partial charge in [-0.25, -0.2) is 4.98 Å². The lowest BCUT2D eigenvalue weighted by Crippen LogP contribution is -2.35. The highest BCUT2D eigenvalue weighted by Gasteiger charge is 2.23. The molecule has 0 fully saturated rings. The van der Waals surface area contributed by atoms with Crippen molar-refractivity contribution in [3.8, 4) is 0 Å². The normalized spacial score (nSPS) is 13.7. The Labute approximate surface area is 116 Å². The molecule has 0 spiro atoms. The van der Waals surface area contributed by atoms with E-state index >= 15 is 0 Å². The third kappa shape index (κ3) is 2.14. The lowest BCUT2D eigenvalue weighted by molar-refractivity contribution is -0.115. The van der Waals surface area contributed by atoms with E-state index in [2.05, 4.69) is 10.3 Å². The lowest BCUT2D eigenvalue weighted by atomic mass is 10.1. The molecule has 1 aromatic carbocycles. The standard InChI is InChI=1S/C15H13N3O2/c1-10(19)11-6-7-14(16-8-11)18-9-15(20)17-12-4-2-3-5-13(12)18/h2-8H,9H2,1H3,(H,17,20). The third-order valence-electron chi connectivity index (χ3n) is 3.20. The number of benzene rings is 1. The number of carbonyl (C=O) groups is 2. The Morgan fingerprint density at radius 1 is 1.25 bits per heavy atom. The molecule has 0 saturated carbocycles. The Morgan fingerprint density at radius 2 is 2.05 bits per heavy atom. The van der Waals surface area contributed by atoms with E-state index in [1.54, 1.807) is 12.1 Å². The fourth-order valence-corrected chi connectivity index (χ4v) is 2.19. The number of anilines is 3. The molecule has 5 nitrogen and oxygen atoms in total. The van der Waals surface area contributed by atoms with Crippen LogP contribution in [0.5, 0.6) is 0 Å². The summed E-state index contributed by atoms with van der Waals surface area (Å²) in [6.45, 7) is 1.71. The highest BCUT2D eigenvalue weighted by Crippen LogP contribution is 2.33. The van der Waals surface area contributed by atoms with Crippen LogP contribution in [0.2, 0.25) is 0 Å². The van der Waals surface area contributed by atoms with Crippen LogP contribution in [-0.2, 0) is 4.79 Å². The van der Waals surface area contributed by atoms with Gasteiger partial charge in [0.15, 0.2) is 5.78 Å². The molecule has 3 rings (SSSR count). The zero-order chi connectivity index (χ0) is 14.1. The van der Waals surface area contributed by atoms with Gasteiger partial charge in [-0.2, -0.15) is 0 Å². The van der Waals surface area contributed by atoms with Crippen molar-refractivity contribution in [2.75, 3.05) is 16.8 Å². The molecule has 20 heavy (non-hydrogen) atoms. The van der Waals surface area contributed by atoms with E-state index in [9.17, 15) is 9.59 Å². The van der Waals surface area contributed by atoms with Gasteiger partial charge in [0.05, 0.1) is 11.4 Å². The minimum absolute atomic E-state index is 0.0270. The molecule has 0 bridgehead atoms. The zero-order valence-electron chi connectivity index (χ0n) is 11.0. The van der Waals surface area contributed by atoms with Gasteiger partial charge in [0.2, 0.25) is 5.91 Å². The first-order chi connectivity index (χ1) is 9.65. The first-order valence-corrected chi connectivity index (χ1v) is 6.28. The average molecular weight is 267 g/mol. The van der Waals surface area contributed by atoms with E-state index in [4.69, 9.17) is 0 Å². The molecule has 0 aliphatic carbocycles. The fourth-order valence-electron chi connectivity index (χ4n) is 2.19. The Kier molecular flexibility index (Phi) is 2.95. The summed E-state index contributed by atoms with van der Waals surface area (Å²) in [5.41, 5.74) is 2.22. The van der Waals surface area contributed by atoms with Gasteiger partial charge >= 0.3 is 0 Å². The molecule has 1 aliphatic rings. The number of carbonyl (C=O) groups excluding carboxylic acids is 2. The van der Waals surface area contributed by atoms with Gasteiger partial charge in [-0.15, -0.1) is 0 Å². The van der Waals surface area contributed by atoms with Crippen molar-refractivity contribution in [3.05, 3.63) is 48.2 Å². The molecule has 0 saturated heterocycles. The molecule has 100 valence electrons. The number of rotatable bonds is 2. The number of amides is 1. The van der Waals surface area contributed by atoms with Crippen molar-refractivity contribution in [1.29, 1.82) is 0 Å². The number of Topliss-reactive ketones (excluding diaryl/α,β-unsaturated/α-hetero) is 1. The molecule has 1 aromatic heterocycles. The van der Waals surface area contributed by atoms with Crippen LogP contribution in [0.15, 0.2) is 42.6 Å². The predicted octanol–water partition coefficient (Wildman–Crippen LogP) is 2.37. The number of hydrogen-bond donors (Lipinski definition) is 1. The summed E-state index contributed by atoms with van der Waals surface area (Å²) in [6.07, 6.45) is 1.53. The topological polar surface area (TPSA) is 62.3 Å². The Bertz CT molecular complexity index is 680. The molecule has 0 radical (unpaired) electrons. The summed E-state index contributed by atoms with van der Waals surface area (Å²) in [5.74, 6) is 0.541. The summed E-state index contributed by atoms with van der Waals surface area (Å²) in [4.78, 5) is 29.1. The molecular formula is C15H13N3O2. The molecule has 0 unspecified atom stereocenters. The van der Waals surface area contributed by atoms with Crippen molar-refractivity contribution < 1.29 is 9.59 Å². The van der Waals surface area contributed by atoms with E-state index in [0.29, 0.717) is 11.4 Å². The van der Waals surface area contributed by atoms with Crippen LogP contribution >= 0.6 is 0 Å². The summed E-state index contributed by atoms with van der Waals surface area (Å²) in [5, 5.41) is 2.83. The van der Waals surface area contributed by atoms with Crippen molar-refractivity contribution >= 4 is 28.9 Å². The molecule has 2 aromatic rings. The summed E-state index contributed by atoms with van der Waals surface area (Å²) < 4.78 is 0. The van der Waals surface area contributed by atoms with Crippen molar-refractivity contribution in [3.63, 3.8) is 0 Å². The van der Waals surface area contributed by atoms with Crippen LogP contribution in [0, 0.1) is 0 Å². The van der Waals surface area contributed by atoms with Gasteiger partial charge in [-0.1, -0.05) is 12.1 Å². The maximum atomic E-state index is 11.8. The highest BCUT2D eigenvalue weighted by atomic mass is 16.2. The highest BCUT2D eigenvalue weighted by molar-refractivity contribution is 6.03. The second kappa shape index (κ2) is 4.77. The minimum atomic E-state index is -0.0823. The first kappa shape index (κ1) is 12.3. The summed E-state index contributed by atoms with van der Waals surface area (Å²) in [6, 6.07) is 11.0. The molecule has 1 aliphatic heterocycles. The number of para-hydroxylation sites is 2. The number of nitrogens with one attached hydrogen (secondary N) is 1. The maximum Gasteiger partial charge on any atom is 0.244 e. The van der Waals surface area contributed by atoms with Crippen LogP contribution < -0.4 is 10.2 Å². The summed E-state index contributed by atoms with van der Waals surface area (Å²) in [7, 11) is 0. The zero-order valence-corrected chi connectivity index (χ0v) is 11.0. The molecular weight excluding hydrogens is 254 g/mol. The average Bonchev–Trinajstić information content (AvgIpc) is 2.46. The largest absolute Gasteiger partial charge is 0.323 e. The smallest absolute Gasteiger partial charge is 0.244 e. The summed E-state index contributed by atoms with van der Waals surface area (Å²) >= 11 is 0. The van der Waals surface area contributed by atoms with Crippen LogP contribution in [0.4, 0.5) is 17.2 Å². The molecule has 0 atom stereocenters. The minimum Gasteiger partial charge on any atom is -0.323 e. The number of ketones is 1. The van der Waals surface area contributed by atoms with E-state index in [1.807, 2.05) is 29.2 Å². The van der Waals surface area contributed by atoms with Crippen molar-refractivity contribution in [1.82, 2.24) is 4.98 Å². The molecule has 1 N–H and O–H groups in total. The first-order valence-electron chi connectivity index (χ1n) is 6.28. The quantitative estimate of drug-likeness (QED) is 0.848. The Balaban J connectivity index is 2.01.